The summed E-state index contributed by atoms with van der Waals surface area (Å²) in [5, 5.41) is 19.8. The molecule has 0 bridgehead atoms. The number of ether oxygens (including phenoxy) is 1. The van der Waals surface area contributed by atoms with Crippen molar-refractivity contribution in [3.05, 3.63) is 35.4 Å². The van der Waals surface area contributed by atoms with Gasteiger partial charge in [0, 0.05) is 6.61 Å². The van der Waals surface area contributed by atoms with Crippen molar-refractivity contribution in [2.45, 2.75) is 44.1 Å². The SMILES string of the molecule is CCOCC(O)CC1(C(=O)O)CCCc2ccccc21. The molecule has 0 saturated carbocycles. The second-order valence-electron chi connectivity index (χ2n) is 5.42. The van der Waals surface area contributed by atoms with Crippen LogP contribution in [0.5, 0.6) is 0 Å². The van der Waals surface area contributed by atoms with Crippen LogP contribution < -0.4 is 0 Å². The van der Waals surface area contributed by atoms with Crippen LogP contribution in [0, 0.1) is 0 Å². The Morgan fingerprint density at radius 1 is 1.45 bits per heavy atom. The van der Waals surface area contributed by atoms with Crippen molar-refractivity contribution >= 4 is 5.97 Å². The molecular weight excluding hydrogens is 256 g/mol. The van der Waals surface area contributed by atoms with Gasteiger partial charge in [0.05, 0.1) is 18.1 Å². The molecule has 4 heteroatoms. The average molecular weight is 278 g/mol. The Morgan fingerprint density at radius 3 is 2.90 bits per heavy atom. The monoisotopic (exact) mass is 278 g/mol. The maximum absolute atomic E-state index is 11.9. The fourth-order valence-electron chi connectivity index (χ4n) is 3.16. The molecule has 0 aromatic heterocycles. The molecule has 2 N–H and O–H groups in total. The largest absolute Gasteiger partial charge is 0.481 e. The zero-order valence-corrected chi connectivity index (χ0v) is 11.8. The van der Waals surface area contributed by atoms with Gasteiger partial charge in [0.2, 0.25) is 0 Å². The highest BCUT2D eigenvalue weighted by molar-refractivity contribution is 5.82. The molecule has 2 atom stereocenters. The van der Waals surface area contributed by atoms with E-state index in [0.29, 0.717) is 13.0 Å². The van der Waals surface area contributed by atoms with E-state index in [2.05, 4.69) is 0 Å². The molecular formula is C16H22O4. The minimum Gasteiger partial charge on any atom is -0.481 e. The summed E-state index contributed by atoms with van der Waals surface area (Å²) in [6.07, 6.45) is 1.77. The van der Waals surface area contributed by atoms with Gasteiger partial charge >= 0.3 is 5.97 Å². The summed E-state index contributed by atoms with van der Waals surface area (Å²) in [6, 6.07) is 7.68. The average Bonchev–Trinajstić information content (AvgIpc) is 2.45. The third kappa shape index (κ3) is 2.86. The molecule has 1 aromatic rings. The smallest absolute Gasteiger partial charge is 0.314 e. The Balaban J connectivity index is 2.29. The third-order valence-electron chi connectivity index (χ3n) is 4.09. The number of carboxylic acids is 1. The number of aliphatic hydroxyl groups is 1. The van der Waals surface area contributed by atoms with E-state index < -0.39 is 17.5 Å². The summed E-state index contributed by atoms with van der Waals surface area (Å²) >= 11 is 0. The second-order valence-corrected chi connectivity index (χ2v) is 5.42. The summed E-state index contributed by atoms with van der Waals surface area (Å²) in [7, 11) is 0. The first kappa shape index (κ1) is 15.0. The molecule has 2 rings (SSSR count). The molecule has 0 heterocycles. The lowest BCUT2D eigenvalue weighted by molar-refractivity contribution is -0.146. The number of hydrogen-bond acceptors (Lipinski definition) is 3. The van der Waals surface area contributed by atoms with E-state index in [9.17, 15) is 15.0 Å². The van der Waals surface area contributed by atoms with Crippen LogP contribution in [0.3, 0.4) is 0 Å². The van der Waals surface area contributed by atoms with Crippen LogP contribution in [-0.2, 0) is 21.4 Å². The Labute approximate surface area is 119 Å². The molecule has 0 amide bonds. The molecule has 0 radical (unpaired) electrons. The van der Waals surface area contributed by atoms with Crippen LogP contribution in [0.15, 0.2) is 24.3 Å². The first-order valence-electron chi connectivity index (χ1n) is 7.17. The van der Waals surface area contributed by atoms with Crippen molar-refractivity contribution in [3.8, 4) is 0 Å². The van der Waals surface area contributed by atoms with Gasteiger partial charge in [0.25, 0.3) is 0 Å². The van der Waals surface area contributed by atoms with Gasteiger partial charge in [-0.1, -0.05) is 24.3 Å². The molecule has 20 heavy (non-hydrogen) atoms. The molecule has 4 nitrogen and oxygen atoms in total. The normalized spacial score (nSPS) is 23.1. The van der Waals surface area contributed by atoms with Crippen LogP contribution in [0.2, 0.25) is 0 Å². The minimum absolute atomic E-state index is 0.188. The van der Waals surface area contributed by atoms with Gasteiger partial charge in [0.1, 0.15) is 0 Å². The van der Waals surface area contributed by atoms with Crippen LogP contribution in [-0.4, -0.2) is 35.5 Å². The first-order valence-corrected chi connectivity index (χ1v) is 7.17. The highest BCUT2D eigenvalue weighted by Crippen LogP contribution is 2.41. The number of aliphatic hydroxyl groups excluding tert-OH is 1. The van der Waals surface area contributed by atoms with E-state index in [1.165, 1.54) is 0 Å². The molecule has 1 aromatic carbocycles. The number of rotatable bonds is 6. The van der Waals surface area contributed by atoms with Gasteiger partial charge in [-0.3, -0.25) is 4.79 Å². The van der Waals surface area contributed by atoms with Crippen LogP contribution in [0.1, 0.15) is 37.3 Å². The van der Waals surface area contributed by atoms with E-state index in [1.54, 1.807) is 0 Å². The third-order valence-corrected chi connectivity index (χ3v) is 4.09. The summed E-state index contributed by atoms with van der Waals surface area (Å²) in [4.78, 5) is 11.9. The Kier molecular flexibility index (Phi) is 4.78. The van der Waals surface area contributed by atoms with Crippen molar-refractivity contribution in [3.63, 3.8) is 0 Å². The van der Waals surface area contributed by atoms with Crippen molar-refractivity contribution in [1.29, 1.82) is 0 Å². The van der Waals surface area contributed by atoms with E-state index in [1.807, 2.05) is 31.2 Å². The number of hydrogen-bond donors (Lipinski definition) is 2. The first-order chi connectivity index (χ1) is 9.60. The van der Waals surface area contributed by atoms with Gasteiger partial charge < -0.3 is 14.9 Å². The maximum Gasteiger partial charge on any atom is 0.314 e. The lowest BCUT2D eigenvalue weighted by atomic mass is 9.67. The van der Waals surface area contributed by atoms with Crippen molar-refractivity contribution in [1.82, 2.24) is 0 Å². The summed E-state index contributed by atoms with van der Waals surface area (Å²) in [5.74, 6) is -0.847. The van der Waals surface area contributed by atoms with E-state index >= 15 is 0 Å². The van der Waals surface area contributed by atoms with E-state index in [4.69, 9.17) is 4.74 Å². The quantitative estimate of drug-likeness (QED) is 0.836. The van der Waals surface area contributed by atoms with Crippen LogP contribution in [0.25, 0.3) is 0 Å². The topological polar surface area (TPSA) is 66.8 Å². The summed E-state index contributed by atoms with van der Waals surface area (Å²) in [5.41, 5.74) is 0.963. The maximum atomic E-state index is 11.9. The standard InChI is InChI=1S/C16H22O4/c1-2-20-11-13(17)10-16(15(18)19)9-5-7-12-6-3-4-8-14(12)16/h3-4,6,8,13,17H,2,5,7,9-11H2,1H3,(H,18,19). The molecule has 1 aliphatic carbocycles. The fourth-order valence-corrected chi connectivity index (χ4v) is 3.16. The molecule has 0 saturated heterocycles. The van der Waals surface area contributed by atoms with Gasteiger partial charge in [0.15, 0.2) is 0 Å². The van der Waals surface area contributed by atoms with Gasteiger partial charge in [-0.05, 0) is 43.7 Å². The lowest BCUT2D eigenvalue weighted by Gasteiger charge is -2.36. The molecule has 0 fully saturated rings. The summed E-state index contributed by atoms with van der Waals surface area (Å²) < 4.78 is 5.21. The van der Waals surface area contributed by atoms with Crippen LogP contribution in [0.4, 0.5) is 0 Å². The zero-order valence-electron chi connectivity index (χ0n) is 11.8. The zero-order chi connectivity index (χ0) is 14.6. The Hall–Kier alpha value is -1.39. The molecule has 110 valence electrons. The number of carboxylic acid groups (broad SMARTS) is 1. The van der Waals surface area contributed by atoms with Crippen molar-refractivity contribution in [2.24, 2.45) is 0 Å². The van der Waals surface area contributed by atoms with Crippen molar-refractivity contribution < 1.29 is 19.7 Å². The number of fused-ring (bicyclic) bond motifs is 1. The molecule has 2 unspecified atom stereocenters. The summed E-state index contributed by atoms with van der Waals surface area (Å²) in [6.45, 7) is 2.57. The van der Waals surface area contributed by atoms with Crippen LogP contribution >= 0.6 is 0 Å². The molecule has 1 aliphatic rings. The molecule has 0 aliphatic heterocycles. The number of aryl methyl sites for hydroxylation is 1. The predicted octanol–water partition coefficient (Wildman–Crippen LogP) is 2.13. The van der Waals surface area contributed by atoms with Crippen molar-refractivity contribution in [2.75, 3.05) is 13.2 Å². The van der Waals surface area contributed by atoms with E-state index in [0.717, 1.165) is 24.0 Å². The highest BCUT2D eigenvalue weighted by atomic mass is 16.5. The predicted molar refractivity (Wildman–Crippen MR) is 75.8 cm³/mol. The molecule has 0 spiro atoms. The number of aliphatic carboxylic acids is 1. The number of carbonyl (C=O) groups is 1. The van der Waals surface area contributed by atoms with Gasteiger partial charge in [-0.15, -0.1) is 0 Å². The second kappa shape index (κ2) is 6.37. The van der Waals surface area contributed by atoms with Gasteiger partial charge in [-0.2, -0.15) is 0 Å². The Morgan fingerprint density at radius 2 is 2.20 bits per heavy atom. The fraction of sp³-hybridized carbons (Fsp3) is 0.562. The van der Waals surface area contributed by atoms with Gasteiger partial charge in [-0.25, -0.2) is 0 Å². The lowest BCUT2D eigenvalue weighted by Crippen LogP contribution is -2.43. The number of benzene rings is 1. The highest BCUT2D eigenvalue weighted by Gasteiger charge is 2.44. The van der Waals surface area contributed by atoms with E-state index in [-0.39, 0.29) is 13.0 Å². The minimum atomic E-state index is -0.981. The Bertz CT molecular complexity index is 471.